The predicted molar refractivity (Wildman–Crippen MR) is 118 cm³/mol. The lowest BCUT2D eigenvalue weighted by Crippen LogP contribution is -2.29. The van der Waals surface area contributed by atoms with E-state index in [1.54, 1.807) is 19.1 Å². The van der Waals surface area contributed by atoms with Gasteiger partial charge in [-0.1, -0.05) is 0 Å². The van der Waals surface area contributed by atoms with Gasteiger partial charge in [0.15, 0.2) is 17.5 Å². The van der Waals surface area contributed by atoms with Crippen molar-refractivity contribution < 1.29 is 23.1 Å². The fourth-order valence-corrected chi connectivity index (χ4v) is 3.82. The smallest absolute Gasteiger partial charge is 0.387 e. The third kappa shape index (κ3) is 5.10. The van der Waals surface area contributed by atoms with E-state index in [1.807, 2.05) is 0 Å². The molecule has 1 atom stereocenters. The Morgan fingerprint density at radius 1 is 1.11 bits per heavy atom. The number of aromatic nitrogens is 5. The first-order valence-electron chi connectivity index (χ1n) is 11.3. The van der Waals surface area contributed by atoms with Gasteiger partial charge in [0.2, 0.25) is 0 Å². The van der Waals surface area contributed by atoms with Gasteiger partial charge in [-0.25, -0.2) is 15.0 Å². The molecule has 0 saturated heterocycles. The second kappa shape index (κ2) is 9.01. The first-order valence-corrected chi connectivity index (χ1v) is 11.3. The molecule has 5 rings (SSSR count). The Kier molecular flexibility index (Phi) is 5.87. The summed E-state index contributed by atoms with van der Waals surface area (Å²) in [6, 6.07) is 5.32. The van der Waals surface area contributed by atoms with Gasteiger partial charge in [0.05, 0.1) is 6.04 Å². The zero-order valence-corrected chi connectivity index (χ0v) is 18.8. The summed E-state index contributed by atoms with van der Waals surface area (Å²) in [6.45, 7) is -1.26. The zero-order valence-electron chi connectivity index (χ0n) is 18.8. The normalized spacial score (nSPS) is 16.2. The second-order valence-corrected chi connectivity index (χ2v) is 8.78. The molecule has 35 heavy (non-hydrogen) atoms. The van der Waals surface area contributed by atoms with Crippen LogP contribution in [-0.4, -0.2) is 43.2 Å². The Morgan fingerprint density at radius 2 is 1.86 bits per heavy atom. The summed E-state index contributed by atoms with van der Waals surface area (Å²) in [6.07, 6.45) is 5.00. The monoisotopic (exact) mass is 483 g/mol. The summed E-state index contributed by atoms with van der Waals surface area (Å²) in [5, 5.41) is 7.40. The number of ether oxygens (including phenoxy) is 1. The standard InChI is InChI=1S/C23H23F2N7O3/c1-11(29-22(34)15-6-14(12-2-3-12)7-16(8-15)35-23(24)25)21-30-20(13-4-5-13)31-32(21)18-9-17(19(26)33)27-10-28-18/h6-13,23H,2-5H2,1H3,(H2,26,33)(H,29,34)/t11-/m0/s1. The molecule has 1 aromatic carbocycles. The molecule has 0 unspecified atom stereocenters. The maximum Gasteiger partial charge on any atom is 0.387 e. The summed E-state index contributed by atoms with van der Waals surface area (Å²) >= 11 is 0. The van der Waals surface area contributed by atoms with Crippen molar-refractivity contribution in [2.75, 3.05) is 0 Å². The van der Waals surface area contributed by atoms with E-state index >= 15 is 0 Å². The number of hydrogen-bond donors (Lipinski definition) is 2. The molecule has 182 valence electrons. The van der Waals surface area contributed by atoms with Crippen molar-refractivity contribution in [1.29, 1.82) is 0 Å². The maximum absolute atomic E-state index is 13.1. The number of benzene rings is 1. The molecule has 2 saturated carbocycles. The van der Waals surface area contributed by atoms with Gasteiger partial charge in [-0.05, 0) is 62.3 Å². The van der Waals surface area contributed by atoms with Crippen LogP contribution < -0.4 is 15.8 Å². The second-order valence-electron chi connectivity index (χ2n) is 8.78. The molecule has 2 aromatic heterocycles. The van der Waals surface area contributed by atoms with Gasteiger partial charge < -0.3 is 15.8 Å². The number of hydrogen-bond acceptors (Lipinski definition) is 7. The van der Waals surface area contributed by atoms with E-state index in [0.717, 1.165) is 31.2 Å². The van der Waals surface area contributed by atoms with Gasteiger partial charge in [0, 0.05) is 17.5 Å². The number of nitrogens with zero attached hydrogens (tertiary/aromatic N) is 5. The van der Waals surface area contributed by atoms with Crippen LogP contribution in [0, 0.1) is 0 Å². The van der Waals surface area contributed by atoms with Crippen molar-refractivity contribution in [3.05, 3.63) is 59.1 Å². The molecule has 0 spiro atoms. The number of carbonyl (C=O) groups is 2. The Hall–Kier alpha value is -3.96. The minimum Gasteiger partial charge on any atom is -0.435 e. The lowest BCUT2D eigenvalue weighted by molar-refractivity contribution is -0.0499. The van der Waals surface area contributed by atoms with Crippen molar-refractivity contribution in [2.24, 2.45) is 5.73 Å². The molecule has 0 radical (unpaired) electrons. The fourth-order valence-electron chi connectivity index (χ4n) is 3.82. The molecular formula is C23H23F2N7O3. The number of alkyl halides is 2. The lowest BCUT2D eigenvalue weighted by atomic mass is 10.1. The van der Waals surface area contributed by atoms with Crippen LogP contribution in [0.15, 0.2) is 30.6 Å². The number of primary amides is 1. The number of nitrogens with two attached hydrogens (primary N) is 1. The molecule has 0 aliphatic heterocycles. The van der Waals surface area contributed by atoms with Gasteiger partial charge in [-0.15, -0.1) is 5.10 Å². The van der Waals surface area contributed by atoms with Crippen LogP contribution in [0.25, 0.3) is 5.82 Å². The number of rotatable bonds is 9. The van der Waals surface area contributed by atoms with Gasteiger partial charge in [-0.3, -0.25) is 9.59 Å². The van der Waals surface area contributed by atoms with Crippen molar-refractivity contribution in [2.45, 2.75) is 57.1 Å². The molecule has 3 N–H and O–H groups in total. The molecule has 3 aromatic rings. The van der Waals surface area contributed by atoms with Crippen LogP contribution >= 0.6 is 0 Å². The van der Waals surface area contributed by atoms with E-state index in [1.165, 1.54) is 23.1 Å². The summed E-state index contributed by atoms with van der Waals surface area (Å²) in [4.78, 5) is 37.3. The highest BCUT2D eigenvalue weighted by Crippen LogP contribution is 2.42. The van der Waals surface area contributed by atoms with Crippen molar-refractivity contribution >= 4 is 11.8 Å². The summed E-state index contributed by atoms with van der Waals surface area (Å²) in [5.74, 6) is 0.523. The Balaban J connectivity index is 1.43. The minimum absolute atomic E-state index is 0.0181. The molecule has 12 heteroatoms. The van der Waals surface area contributed by atoms with Gasteiger partial charge in [-0.2, -0.15) is 13.5 Å². The number of carbonyl (C=O) groups excluding carboxylic acids is 2. The zero-order chi connectivity index (χ0) is 24.7. The van der Waals surface area contributed by atoms with Crippen LogP contribution in [0.5, 0.6) is 5.75 Å². The SMILES string of the molecule is C[C@H](NC(=O)c1cc(OC(F)F)cc(C2CC2)c1)c1nc(C2CC2)nn1-c1cc(C(N)=O)ncn1. The third-order valence-corrected chi connectivity index (χ3v) is 5.91. The molecular weight excluding hydrogens is 460 g/mol. The topological polar surface area (TPSA) is 138 Å². The number of halogens is 2. The third-order valence-electron chi connectivity index (χ3n) is 5.91. The highest BCUT2D eigenvalue weighted by molar-refractivity contribution is 5.95. The van der Waals surface area contributed by atoms with Gasteiger partial charge in [0.25, 0.3) is 11.8 Å². The van der Waals surface area contributed by atoms with Gasteiger partial charge >= 0.3 is 6.61 Å². The van der Waals surface area contributed by atoms with Gasteiger partial charge in [0.1, 0.15) is 17.8 Å². The van der Waals surface area contributed by atoms with E-state index in [2.05, 4.69) is 30.1 Å². The van der Waals surface area contributed by atoms with Crippen molar-refractivity contribution in [3.8, 4) is 11.6 Å². The van der Waals surface area contributed by atoms with E-state index in [9.17, 15) is 18.4 Å². The fraction of sp³-hybridized carbons (Fsp3) is 0.391. The molecule has 10 nitrogen and oxygen atoms in total. The van der Waals surface area contributed by atoms with Crippen LogP contribution in [0.3, 0.4) is 0 Å². The van der Waals surface area contributed by atoms with E-state index in [-0.39, 0.29) is 34.7 Å². The summed E-state index contributed by atoms with van der Waals surface area (Å²) < 4.78 is 31.6. The first-order chi connectivity index (χ1) is 16.8. The molecule has 2 amide bonds. The highest BCUT2D eigenvalue weighted by Gasteiger charge is 2.31. The minimum atomic E-state index is -2.99. The molecule has 0 bridgehead atoms. The molecule has 2 heterocycles. The highest BCUT2D eigenvalue weighted by atomic mass is 19.3. The predicted octanol–water partition coefficient (Wildman–Crippen LogP) is 3.00. The Labute approximate surface area is 198 Å². The van der Waals surface area contributed by atoms with E-state index in [0.29, 0.717) is 11.6 Å². The largest absolute Gasteiger partial charge is 0.435 e. The summed E-state index contributed by atoms with van der Waals surface area (Å²) in [5.41, 5.74) is 6.37. The lowest BCUT2D eigenvalue weighted by Gasteiger charge is -2.16. The van der Waals surface area contributed by atoms with Crippen molar-refractivity contribution in [3.63, 3.8) is 0 Å². The number of amides is 2. The maximum atomic E-state index is 13.1. The Morgan fingerprint density at radius 3 is 2.51 bits per heavy atom. The van der Waals surface area contributed by atoms with Crippen LogP contribution in [0.2, 0.25) is 0 Å². The average molecular weight is 483 g/mol. The Bertz CT molecular complexity index is 1290. The van der Waals surface area contributed by atoms with Crippen LogP contribution in [0.1, 0.15) is 88.5 Å². The van der Waals surface area contributed by atoms with Crippen LogP contribution in [-0.2, 0) is 0 Å². The molecule has 2 fully saturated rings. The molecule has 2 aliphatic rings. The quantitative estimate of drug-likeness (QED) is 0.477. The molecule has 2 aliphatic carbocycles. The average Bonchev–Trinajstić information content (AvgIpc) is 3.76. The van der Waals surface area contributed by atoms with E-state index < -0.39 is 24.5 Å². The first kappa shape index (κ1) is 22.8. The summed E-state index contributed by atoms with van der Waals surface area (Å²) in [7, 11) is 0. The van der Waals surface area contributed by atoms with Crippen LogP contribution in [0.4, 0.5) is 8.78 Å². The number of nitrogens with one attached hydrogen (secondary N) is 1. The van der Waals surface area contributed by atoms with E-state index in [4.69, 9.17) is 5.73 Å². The van der Waals surface area contributed by atoms with Crippen molar-refractivity contribution in [1.82, 2.24) is 30.0 Å².